The molecule has 3 heteroatoms. The fourth-order valence-electron chi connectivity index (χ4n) is 4.36. The Hall–Kier alpha value is -4.34. The molecule has 0 aliphatic rings. The molecule has 0 radical (unpaired) electrons. The molecule has 0 bridgehead atoms. The molecule has 0 saturated carbocycles. The van der Waals surface area contributed by atoms with Gasteiger partial charge in [-0.2, -0.15) is 0 Å². The maximum absolute atomic E-state index is 6.72. The van der Waals surface area contributed by atoms with Crippen LogP contribution in [0.4, 0.5) is 11.4 Å². The third kappa shape index (κ3) is 3.55. The molecule has 6 rings (SSSR count). The van der Waals surface area contributed by atoms with E-state index >= 15 is 0 Å². The molecule has 3 nitrogen and oxygen atoms in total. The Morgan fingerprint density at radius 3 is 1.70 bits per heavy atom. The summed E-state index contributed by atoms with van der Waals surface area (Å²) >= 11 is 0. The van der Waals surface area contributed by atoms with Gasteiger partial charge in [-0.1, -0.05) is 78.9 Å². The number of hydrogen-bond acceptors (Lipinski definition) is 3. The van der Waals surface area contributed by atoms with Crippen molar-refractivity contribution >= 4 is 33.3 Å². The lowest BCUT2D eigenvalue weighted by atomic mass is 9.98. The molecule has 0 aliphatic carbocycles. The SMILES string of the molecule is NN(c1cc(-c2ccccc2)cc(-c2ccccc2)c1)c1ccc2oc3ccccc3c2c1. The van der Waals surface area contributed by atoms with E-state index in [9.17, 15) is 0 Å². The number of nitrogens with zero attached hydrogens (tertiary/aromatic N) is 1. The Labute approximate surface area is 192 Å². The van der Waals surface area contributed by atoms with Crippen molar-refractivity contribution in [1.29, 1.82) is 0 Å². The molecule has 0 atom stereocenters. The Kier molecular flexibility index (Phi) is 4.68. The number of fused-ring (bicyclic) bond motifs is 3. The van der Waals surface area contributed by atoms with Crippen molar-refractivity contribution in [2.45, 2.75) is 0 Å². The van der Waals surface area contributed by atoms with Crippen LogP contribution in [0.5, 0.6) is 0 Å². The van der Waals surface area contributed by atoms with Crippen LogP contribution in [0.15, 0.2) is 126 Å². The fraction of sp³-hybridized carbons (Fsp3) is 0. The van der Waals surface area contributed by atoms with Gasteiger partial charge in [0, 0.05) is 10.8 Å². The monoisotopic (exact) mass is 426 g/mol. The highest BCUT2D eigenvalue weighted by molar-refractivity contribution is 6.06. The number of para-hydroxylation sites is 1. The summed E-state index contributed by atoms with van der Waals surface area (Å²) in [6, 6.07) is 41.5. The summed E-state index contributed by atoms with van der Waals surface area (Å²) in [6.45, 7) is 0. The fourth-order valence-corrected chi connectivity index (χ4v) is 4.36. The number of hydrogen-bond donors (Lipinski definition) is 1. The van der Waals surface area contributed by atoms with Gasteiger partial charge in [0.05, 0.1) is 11.4 Å². The summed E-state index contributed by atoms with van der Waals surface area (Å²) in [4.78, 5) is 0. The maximum atomic E-state index is 6.72. The zero-order valence-electron chi connectivity index (χ0n) is 18.0. The lowest BCUT2D eigenvalue weighted by Gasteiger charge is -2.21. The summed E-state index contributed by atoms with van der Waals surface area (Å²) in [5.74, 6) is 6.72. The molecule has 0 aliphatic heterocycles. The molecule has 1 heterocycles. The molecule has 1 aromatic heterocycles. The normalized spacial score (nSPS) is 11.2. The second-order valence-electron chi connectivity index (χ2n) is 8.15. The van der Waals surface area contributed by atoms with Crippen molar-refractivity contribution in [2.75, 3.05) is 5.01 Å². The minimum atomic E-state index is 0.858. The van der Waals surface area contributed by atoms with E-state index in [1.807, 2.05) is 42.5 Å². The molecule has 158 valence electrons. The van der Waals surface area contributed by atoms with Crippen LogP contribution in [0, 0.1) is 0 Å². The van der Waals surface area contributed by atoms with E-state index in [-0.39, 0.29) is 0 Å². The van der Waals surface area contributed by atoms with Gasteiger partial charge in [-0.25, -0.2) is 5.84 Å². The van der Waals surface area contributed by atoms with Gasteiger partial charge in [0.2, 0.25) is 0 Å². The molecule has 33 heavy (non-hydrogen) atoms. The molecule has 2 N–H and O–H groups in total. The van der Waals surface area contributed by atoms with Gasteiger partial charge in [0.15, 0.2) is 0 Å². The lowest BCUT2D eigenvalue weighted by Crippen LogP contribution is -2.24. The van der Waals surface area contributed by atoms with Gasteiger partial charge in [0.25, 0.3) is 0 Å². The predicted molar refractivity (Wildman–Crippen MR) is 137 cm³/mol. The third-order valence-corrected chi connectivity index (χ3v) is 6.05. The molecule has 0 unspecified atom stereocenters. The standard InChI is InChI=1S/C30H22N2O/c31-32(25-15-16-30-28(20-25)27-13-7-8-14-29(27)33-30)26-18-23(21-9-3-1-4-10-21)17-24(19-26)22-11-5-2-6-12-22/h1-20H,31H2. The third-order valence-electron chi connectivity index (χ3n) is 6.05. The second kappa shape index (κ2) is 7.97. The molecule has 0 fully saturated rings. The van der Waals surface area contributed by atoms with Gasteiger partial charge in [-0.15, -0.1) is 0 Å². The van der Waals surface area contributed by atoms with Crippen molar-refractivity contribution in [3.63, 3.8) is 0 Å². The predicted octanol–water partition coefficient (Wildman–Crippen LogP) is 7.93. The van der Waals surface area contributed by atoms with Crippen molar-refractivity contribution in [3.05, 3.63) is 121 Å². The number of nitrogens with two attached hydrogens (primary N) is 1. The first-order chi connectivity index (χ1) is 16.3. The maximum Gasteiger partial charge on any atom is 0.135 e. The van der Waals surface area contributed by atoms with E-state index in [2.05, 4.69) is 78.9 Å². The molecular weight excluding hydrogens is 404 g/mol. The summed E-state index contributed by atoms with van der Waals surface area (Å²) in [7, 11) is 0. The van der Waals surface area contributed by atoms with Crippen LogP contribution in [0.1, 0.15) is 0 Å². The highest BCUT2D eigenvalue weighted by Crippen LogP contribution is 2.36. The minimum Gasteiger partial charge on any atom is -0.456 e. The molecule has 5 aromatic carbocycles. The smallest absolute Gasteiger partial charge is 0.135 e. The van der Waals surface area contributed by atoms with Crippen molar-refractivity contribution < 1.29 is 4.42 Å². The van der Waals surface area contributed by atoms with Gasteiger partial charge >= 0.3 is 0 Å². The molecule has 0 saturated heterocycles. The van der Waals surface area contributed by atoms with Crippen LogP contribution in [0.25, 0.3) is 44.2 Å². The highest BCUT2D eigenvalue weighted by Gasteiger charge is 2.13. The van der Waals surface area contributed by atoms with Crippen LogP contribution in [0.2, 0.25) is 0 Å². The Balaban J connectivity index is 1.50. The number of rotatable bonds is 4. The summed E-state index contributed by atoms with van der Waals surface area (Å²) in [6.07, 6.45) is 0. The van der Waals surface area contributed by atoms with E-state index in [0.717, 1.165) is 55.6 Å². The quantitative estimate of drug-likeness (QED) is 0.230. The summed E-state index contributed by atoms with van der Waals surface area (Å²) in [5.41, 5.74) is 8.11. The van der Waals surface area contributed by atoms with Crippen LogP contribution in [-0.4, -0.2) is 0 Å². The number of anilines is 2. The van der Waals surface area contributed by atoms with Gasteiger partial charge in [-0.05, 0) is 64.7 Å². The molecule has 6 aromatic rings. The molecule has 0 spiro atoms. The summed E-state index contributed by atoms with van der Waals surface area (Å²) < 4.78 is 5.99. The number of furan rings is 1. The van der Waals surface area contributed by atoms with Crippen molar-refractivity contribution in [3.8, 4) is 22.3 Å². The first-order valence-corrected chi connectivity index (χ1v) is 11.0. The Bertz CT molecular complexity index is 1510. The van der Waals surface area contributed by atoms with Crippen molar-refractivity contribution in [1.82, 2.24) is 0 Å². The van der Waals surface area contributed by atoms with Gasteiger partial charge in [0.1, 0.15) is 11.2 Å². The average Bonchev–Trinajstić information content (AvgIpc) is 3.27. The summed E-state index contributed by atoms with van der Waals surface area (Å²) in [5, 5.41) is 3.90. The van der Waals surface area contributed by atoms with E-state index in [1.54, 1.807) is 5.01 Å². The van der Waals surface area contributed by atoms with Crippen LogP contribution >= 0.6 is 0 Å². The zero-order valence-corrected chi connectivity index (χ0v) is 18.0. The topological polar surface area (TPSA) is 42.4 Å². The van der Waals surface area contributed by atoms with E-state index in [0.29, 0.717) is 0 Å². The van der Waals surface area contributed by atoms with Gasteiger partial charge < -0.3 is 4.42 Å². The lowest BCUT2D eigenvalue weighted by molar-refractivity contribution is 0.669. The second-order valence-corrected chi connectivity index (χ2v) is 8.15. The van der Waals surface area contributed by atoms with Crippen LogP contribution in [0.3, 0.4) is 0 Å². The molecular formula is C30H22N2O. The zero-order chi connectivity index (χ0) is 22.2. The molecule has 0 amide bonds. The van der Waals surface area contributed by atoms with Crippen LogP contribution < -0.4 is 10.9 Å². The first kappa shape index (κ1) is 19.4. The average molecular weight is 427 g/mol. The first-order valence-electron chi connectivity index (χ1n) is 11.0. The Morgan fingerprint density at radius 1 is 0.455 bits per heavy atom. The van der Waals surface area contributed by atoms with E-state index in [4.69, 9.17) is 10.3 Å². The van der Waals surface area contributed by atoms with E-state index in [1.165, 1.54) is 0 Å². The minimum absolute atomic E-state index is 0.858. The number of benzene rings is 5. The largest absolute Gasteiger partial charge is 0.456 e. The Morgan fingerprint density at radius 2 is 1.03 bits per heavy atom. The van der Waals surface area contributed by atoms with Crippen LogP contribution in [-0.2, 0) is 0 Å². The van der Waals surface area contributed by atoms with Gasteiger partial charge in [-0.3, -0.25) is 5.01 Å². The highest BCUT2D eigenvalue weighted by atomic mass is 16.3. The van der Waals surface area contributed by atoms with E-state index < -0.39 is 0 Å². The number of hydrazine groups is 1. The van der Waals surface area contributed by atoms with Crippen molar-refractivity contribution in [2.24, 2.45) is 5.84 Å².